The molecule has 11 heavy (non-hydrogen) atoms. The van der Waals surface area contributed by atoms with Crippen LogP contribution < -0.4 is 0 Å². The van der Waals surface area contributed by atoms with Gasteiger partial charge in [-0.05, 0) is 23.6 Å². The zero-order valence-electron chi connectivity index (χ0n) is 7.39. The van der Waals surface area contributed by atoms with Gasteiger partial charge in [-0.25, -0.2) is 0 Å². The molecular formula is C11H14. The second-order valence-corrected chi connectivity index (χ2v) is 2.47. The van der Waals surface area contributed by atoms with E-state index in [2.05, 4.69) is 37.3 Å². The van der Waals surface area contributed by atoms with Gasteiger partial charge < -0.3 is 0 Å². The predicted octanol–water partition coefficient (Wildman–Crippen LogP) is 3.40. The largest absolute Gasteiger partial charge is 0.0683 e. The molecule has 0 bridgehead atoms. The van der Waals surface area contributed by atoms with Gasteiger partial charge in [0.25, 0.3) is 0 Å². The van der Waals surface area contributed by atoms with E-state index in [1.807, 2.05) is 13.8 Å². The summed E-state index contributed by atoms with van der Waals surface area (Å²) < 4.78 is 0. The molecule has 0 nitrogen and oxygen atoms in total. The summed E-state index contributed by atoms with van der Waals surface area (Å²) in [6.07, 6.45) is 10.8. The Kier molecular flexibility index (Phi) is 2.48. The van der Waals surface area contributed by atoms with Crippen molar-refractivity contribution in [1.29, 1.82) is 0 Å². The Morgan fingerprint density at radius 2 is 1.73 bits per heavy atom. The molecule has 0 saturated heterocycles. The quantitative estimate of drug-likeness (QED) is 0.491. The van der Waals surface area contributed by atoms with Crippen LogP contribution >= 0.6 is 0 Å². The van der Waals surface area contributed by atoms with Crippen LogP contribution in [0.1, 0.15) is 20.8 Å². The van der Waals surface area contributed by atoms with Crippen molar-refractivity contribution in [3.63, 3.8) is 0 Å². The van der Waals surface area contributed by atoms with Crippen LogP contribution in [0.3, 0.4) is 0 Å². The maximum atomic E-state index is 2.20. The van der Waals surface area contributed by atoms with Crippen molar-refractivity contribution >= 4 is 0 Å². The van der Waals surface area contributed by atoms with Crippen LogP contribution in [0.4, 0.5) is 0 Å². The van der Waals surface area contributed by atoms with Crippen molar-refractivity contribution in [3.05, 3.63) is 47.1 Å². The number of allylic oxidation sites excluding steroid dienone is 8. The molecular weight excluding hydrogens is 132 g/mol. The molecule has 0 aliphatic heterocycles. The lowest BCUT2D eigenvalue weighted by Gasteiger charge is -1.85. The summed E-state index contributed by atoms with van der Waals surface area (Å²) in [5, 5.41) is 0. The fraction of sp³-hybridized carbons (Fsp3) is 0.273. The van der Waals surface area contributed by atoms with Crippen molar-refractivity contribution < 1.29 is 0 Å². The Hall–Kier alpha value is -1.04. The van der Waals surface area contributed by atoms with E-state index in [-0.39, 0.29) is 0 Å². The topological polar surface area (TPSA) is 0 Å². The second-order valence-electron chi connectivity index (χ2n) is 2.47. The Labute approximate surface area is 68.6 Å². The molecule has 0 aromatic carbocycles. The highest BCUT2D eigenvalue weighted by atomic mass is 14.1. The zero-order valence-corrected chi connectivity index (χ0v) is 7.39. The molecule has 0 radical (unpaired) electrons. The van der Waals surface area contributed by atoms with Gasteiger partial charge in [-0.2, -0.15) is 0 Å². The molecule has 0 atom stereocenters. The smallest absolute Gasteiger partial charge is 0.0181 e. The summed E-state index contributed by atoms with van der Waals surface area (Å²) in [6, 6.07) is 0. The minimum atomic E-state index is 1.36. The summed E-state index contributed by atoms with van der Waals surface area (Å²) in [7, 11) is 0. The van der Waals surface area contributed by atoms with E-state index < -0.39 is 0 Å². The molecule has 0 saturated carbocycles. The maximum Gasteiger partial charge on any atom is -0.0181 e. The molecule has 0 aromatic rings. The fourth-order valence-corrected chi connectivity index (χ4v) is 1.24. The third-order valence-electron chi connectivity index (χ3n) is 1.65. The average Bonchev–Trinajstić information content (AvgIpc) is 2.51. The number of hydrogen-bond donors (Lipinski definition) is 0. The third kappa shape index (κ3) is 1.51. The summed E-state index contributed by atoms with van der Waals surface area (Å²) in [5.41, 5.74) is 4.10. The molecule has 0 fully saturated rings. The molecule has 0 heterocycles. The standard InChI is InChI=1S/C9H8.C2H6/c1-7-5-8-3-2-4-9(8)6-7;1-2/h2-6H,1H3;1-2H3. The fourth-order valence-electron chi connectivity index (χ4n) is 1.24. The molecule has 0 N–H and O–H groups in total. The first-order valence-corrected chi connectivity index (χ1v) is 4.15. The number of hydrogen-bond acceptors (Lipinski definition) is 0. The molecule has 0 heteroatoms. The van der Waals surface area contributed by atoms with Crippen LogP contribution in [0.5, 0.6) is 0 Å². The lowest BCUT2D eigenvalue weighted by Crippen LogP contribution is -1.67. The van der Waals surface area contributed by atoms with Crippen LogP contribution in [-0.2, 0) is 0 Å². The van der Waals surface area contributed by atoms with Crippen LogP contribution in [0.25, 0.3) is 0 Å². The monoisotopic (exact) mass is 146 g/mol. The molecule has 0 spiro atoms. The van der Waals surface area contributed by atoms with Gasteiger partial charge in [0.05, 0.1) is 0 Å². The van der Waals surface area contributed by atoms with E-state index >= 15 is 0 Å². The van der Waals surface area contributed by atoms with Gasteiger partial charge in [0.1, 0.15) is 0 Å². The molecule has 0 amide bonds. The first-order chi connectivity index (χ1) is 5.36. The zero-order chi connectivity index (χ0) is 8.27. The first-order valence-electron chi connectivity index (χ1n) is 4.15. The van der Waals surface area contributed by atoms with Crippen molar-refractivity contribution in [2.24, 2.45) is 0 Å². The Bertz CT molecular complexity index is 260. The van der Waals surface area contributed by atoms with Crippen molar-refractivity contribution in [2.75, 3.05) is 0 Å². The van der Waals surface area contributed by atoms with Gasteiger partial charge in [0.2, 0.25) is 0 Å². The van der Waals surface area contributed by atoms with E-state index in [4.69, 9.17) is 0 Å². The van der Waals surface area contributed by atoms with E-state index in [0.29, 0.717) is 0 Å². The molecule has 2 aliphatic rings. The summed E-state index contributed by atoms with van der Waals surface area (Å²) >= 11 is 0. The highest BCUT2D eigenvalue weighted by molar-refractivity contribution is 5.61. The van der Waals surface area contributed by atoms with Crippen LogP contribution in [0.2, 0.25) is 0 Å². The normalized spacial score (nSPS) is 17.9. The van der Waals surface area contributed by atoms with Crippen molar-refractivity contribution in [1.82, 2.24) is 0 Å². The number of rotatable bonds is 0. The van der Waals surface area contributed by atoms with Crippen LogP contribution in [-0.4, -0.2) is 0 Å². The van der Waals surface area contributed by atoms with Crippen molar-refractivity contribution in [2.45, 2.75) is 20.8 Å². The summed E-state index contributed by atoms with van der Waals surface area (Å²) in [5.74, 6) is 0. The van der Waals surface area contributed by atoms with E-state index in [0.717, 1.165) is 0 Å². The minimum absolute atomic E-state index is 1.36. The van der Waals surface area contributed by atoms with Gasteiger partial charge in [-0.1, -0.05) is 44.2 Å². The Morgan fingerprint density at radius 3 is 2.36 bits per heavy atom. The van der Waals surface area contributed by atoms with Gasteiger partial charge >= 0.3 is 0 Å². The number of fused-ring (bicyclic) bond motifs is 1. The highest BCUT2D eigenvalue weighted by Gasteiger charge is 2.08. The van der Waals surface area contributed by atoms with Gasteiger partial charge in [0.15, 0.2) is 0 Å². The third-order valence-corrected chi connectivity index (χ3v) is 1.65. The summed E-state index contributed by atoms with van der Waals surface area (Å²) in [6.45, 7) is 6.12. The van der Waals surface area contributed by atoms with E-state index in [1.165, 1.54) is 16.7 Å². The van der Waals surface area contributed by atoms with Gasteiger partial charge in [0, 0.05) is 0 Å². The van der Waals surface area contributed by atoms with Crippen LogP contribution in [0, 0.1) is 0 Å². The lowest BCUT2D eigenvalue weighted by molar-refractivity contribution is 1.50. The average molecular weight is 146 g/mol. The maximum absolute atomic E-state index is 2.20. The SMILES string of the molecule is CC.CC1=CC2=CC=CC2=C1. The highest BCUT2D eigenvalue weighted by Crippen LogP contribution is 2.27. The van der Waals surface area contributed by atoms with E-state index in [9.17, 15) is 0 Å². The van der Waals surface area contributed by atoms with Gasteiger partial charge in [-0.15, -0.1) is 0 Å². The Balaban J connectivity index is 0.000000281. The lowest BCUT2D eigenvalue weighted by atomic mass is 10.2. The first kappa shape index (κ1) is 8.06. The van der Waals surface area contributed by atoms with Crippen molar-refractivity contribution in [3.8, 4) is 0 Å². The Morgan fingerprint density at radius 1 is 1.00 bits per heavy atom. The second kappa shape index (κ2) is 3.38. The summed E-state index contributed by atoms with van der Waals surface area (Å²) in [4.78, 5) is 0. The predicted molar refractivity (Wildman–Crippen MR) is 50.4 cm³/mol. The molecule has 58 valence electrons. The molecule has 2 aliphatic carbocycles. The van der Waals surface area contributed by atoms with Crippen LogP contribution in [0.15, 0.2) is 47.1 Å². The van der Waals surface area contributed by atoms with Gasteiger partial charge in [-0.3, -0.25) is 0 Å². The molecule has 0 aromatic heterocycles. The van der Waals surface area contributed by atoms with E-state index in [1.54, 1.807) is 0 Å². The minimum Gasteiger partial charge on any atom is -0.0683 e. The molecule has 0 unspecified atom stereocenters. The molecule has 2 rings (SSSR count).